The Labute approximate surface area is 186 Å². The molecule has 0 saturated carbocycles. The Balaban J connectivity index is 4.46. The van der Waals surface area contributed by atoms with Gasteiger partial charge in [0.2, 0.25) is 11.8 Å². The van der Waals surface area contributed by atoms with Crippen LogP contribution in [-0.2, 0) is 24.0 Å². The number of hydrogen-bond acceptors (Lipinski definition) is 7. The van der Waals surface area contributed by atoms with Crippen LogP contribution in [0.25, 0.3) is 0 Å². The first-order chi connectivity index (χ1) is 14.9. The van der Waals surface area contributed by atoms with Gasteiger partial charge in [-0.2, -0.15) is 0 Å². The zero-order valence-corrected chi connectivity index (χ0v) is 18.3. The van der Waals surface area contributed by atoms with Gasteiger partial charge in [0.25, 0.3) is 0 Å². The predicted octanol–water partition coefficient (Wildman–Crippen LogP) is 0.985. The molecule has 12 nitrogen and oxygen atoms in total. The molecule has 184 valence electrons. The number of rotatable bonds is 18. The minimum Gasteiger partial charge on any atom is -0.481 e. The Bertz CT molecular complexity index is 654. The van der Waals surface area contributed by atoms with Crippen LogP contribution >= 0.6 is 0 Å². The van der Waals surface area contributed by atoms with E-state index in [-0.39, 0.29) is 32.2 Å². The number of carboxylic acids is 3. The summed E-state index contributed by atoms with van der Waals surface area (Å²) in [6, 6.07) is -1.41. The van der Waals surface area contributed by atoms with Crippen LogP contribution in [0, 0.1) is 0 Å². The van der Waals surface area contributed by atoms with E-state index in [1.165, 1.54) is 0 Å². The summed E-state index contributed by atoms with van der Waals surface area (Å²) in [6.07, 6.45) is 3.03. The number of carbonyl (C=O) groups is 5. The lowest BCUT2D eigenvalue weighted by Gasteiger charge is -2.22. The van der Waals surface area contributed by atoms with Crippen molar-refractivity contribution in [2.24, 2.45) is 0 Å². The van der Waals surface area contributed by atoms with Gasteiger partial charge in [-0.15, -0.1) is 0 Å². The summed E-state index contributed by atoms with van der Waals surface area (Å²) in [4.78, 5) is 56.9. The first-order valence-electron chi connectivity index (χ1n) is 10.6. The number of nitrogens with zero attached hydrogens (tertiary/aromatic N) is 1. The third kappa shape index (κ3) is 12.2. The quantitative estimate of drug-likeness (QED) is 0.0968. The molecular formula is C20H34N2O10. The Hall–Kier alpha value is -2.73. The first-order valence-corrected chi connectivity index (χ1v) is 10.6. The molecule has 6 N–H and O–H groups in total. The lowest BCUT2D eigenvalue weighted by molar-refractivity contribution is -0.168. The Morgan fingerprint density at radius 2 is 1.53 bits per heavy atom. The maximum Gasteiger partial charge on any atom is 0.336 e. The van der Waals surface area contributed by atoms with Crippen molar-refractivity contribution in [1.82, 2.24) is 10.4 Å². The molecule has 0 bridgehead atoms. The van der Waals surface area contributed by atoms with Gasteiger partial charge in [-0.05, 0) is 25.7 Å². The fraction of sp³-hybridized carbons (Fsp3) is 0.750. The molecular weight excluding hydrogens is 428 g/mol. The summed E-state index contributed by atoms with van der Waals surface area (Å²) in [6.45, 7) is 2.07. The maximum absolute atomic E-state index is 12.0. The monoisotopic (exact) mass is 462 g/mol. The SMILES string of the molecule is CCCCCCCC(=O)N(O)CCCC[C@H](NC(=O)CC(O)(CC(=O)O)C(=O)O)C(=O)O. The number of hydroxylamine groups is 2. The fourth-order valence-corrected chi connectivity index (χ4v) is 2.98. The predicted molar refractivity (Wildman–Crippen MR) is 110 cm³/mol. The summed E-state index contributed by atoms with van der Waals surface area (Å²) in [5.74, 6) is -6.51. The van der Waals surface area contributed by atoms with Crippen LogP contribution in [0.2, 0.25) is 0 Å². The molecule has 32 heavy (non-hydrogen) atoms. The van der Waals surface area contributed by atoms with E-state index in [1.54, 1.807) is 0 Å². The average molecular weight is 462 g/mol. The molecule has 12 heteroatoms. The Morgan fingerprint density at radius 1 is 0.906 bits per heavy atom. The van der Waals surface area contributed by atoms with Crippen LogP contribution in [0.1, 0.15) is 77.6 Å². The van der Waals surface area contributed by atoms with E-state index in [0.29, 0.717) is 11.5 Å². The van der Waals surface area contributed by atoms with Crippen molar-refractivity contribution in [3.05, 3.63) is 0 Å². The highest BCUT2D eigenvalue weighted by Crippen LogP contribution is 2.16. The van der Waals surface area contributed by atoms with E-state index in [1.807, 2.05) is 0 Å². The molecule has 0 rings (SSSR count). The zero-order chi connectivity index (χ0) is 24.7. The van der Waals surface area contributed by atoms with E-state index in [4.69, 9.17) is 10.2 Å². The van der Waals surface area contributed by atoms with Crippen molar-refractivity contribution in [2.45, 2.75) is 89.2 Å². The molecule has 0 aromatic carbocycles. The second-order valence-electron chi connectivity index (χ2n) is 7.72. The molecule has 0 aliphatic carbocycles. The van der Waals surface area contributed by atoms with E-state index >= 15 is 0 Å². The second-order valence-corrected chi connectivity index (χ2v) is 7.72. The Morgan fingerprint density at radius 3 is 2.06 bits per heavy atom. The van der Waals surface area contributed by atoms with E-state index in [0.717, 1.165) is 25.7 Å². The van der Waals surface area contributed by atoms with Crippen LogP contribution in [0.4, 0.5) is 0 Å². The number of amides is 2. The largest absolute Gasteiger partial charge is 0.481 e. The smallest absolute Gasteiger partial charge is 0.336 e. The number of nitrogens with one attached hydrogen (secondary N) is 1. The number of unbranched alkanes of at least 4 members (excludes halogenated alkanes) is 5. The topological polar surface area (TPSA) is 202 Å². The average Bonchev–Trinajstić information content (AvgIpc) is 2.68. The minimum atomic E-state index is -2.87. The van der Waals surface area contributed by atoms with Crippen LogP contribution in [0.3, 0.4) is 0 Å². The van der Waals surface area contributed by atoms with Gasteiger partial charge in [-0.25, -0.2) is 14.7 Å². The van der Waals surface area contributed by atoms with Gasteiger partial charge in [0.1, 0.15) is 6.04 Å². The number of aliphatic hydroxyl groups is 1. The third-order valence-electron chi connectivity index (χ3n) is 4.82. The van der Waals surface area contributed by atoms with Gasteiger partial charge in [0.15, 0.2) is 5.60 Å². The van der Waals surface area contributed by atoms with Gasteiger partial charge < -0.3 is 25.7 Å². The van der Waals surface area contributed by atoms with Crippen LogP contribution in [0.15, 0.2) is 0 Å². The normalized spacial score (nSPS) is 13.6. The van der Waals surface area contributed by atoms with Crippen LogP contribution in [0.5, 0.6) is 0 Å². The molecule has 2 amide bonds. The van der Waals surface area contributed by atoms with Crippen molar-refractivity contribution in [3.63, 3.8) is 0 Å². The lowest BCUT2D eigenvalue weighted by atomic mass is 9.95. The molecule has 2 atom stereocenters. The summed E-state index contributed by atoms with van der Waals surface area (Å²) < 4.78 is 0. The second kappa shape index (κ2) is 15.1. The summed E-state index contributed by atoms with van der Waals surface area (Å²) in [5.41, 5.74) is -2.87. The van der Waals surface area contributed by atoms with Crippen molar-refractivity contribution in [1.29, 1.82) is 0 Å². The lowest BCUT2D eigenvalue weighted by Crippen LogP contribution is -2.48. The van der Waals surface area contributed by atoms with Crippen molar-refractivity contribution < 1.29 is 49.6 Å². The summed E-state index contributed by atoms with van der Waals surface area (Å²) in [5, 5.41) is 49.2. The molecule has 0 heterocycles. The number of carboxylic acid groups (broad SMARTS) is 3. The highest BCUT2D eigenvalue weighted by molar-refractivity contribution is 5.91. The minimum absolute atomic E-state index is 0.00848. The van der Waals surface area contributed by atoms with E-state index in [2.05, 4.69) is 12.2 Å². The molecule has 0 aromatic heterocycles. The molecule has 0 spiro atoms. The van der Waals surface area contributed by atoms with E-state index < -0.39 is 54.2 Å². The van der Waals surface area contributed by atoms with Crippen molar-refractivity contribution in [2.75, 3.05) is 6.54 Å². The summed E-state index contributed by atoms with van der Waals surface area (Å²) >= 11 is 0. The number of hydrogen-bond donors (Lipinski definition) is 6. The van der Waals surface area contributed by atoms with Gasteiger partial charge in [-0.3, -0.25) is 19.6 Å². The standard InChI is InChI=1S/C20H34N2O10/c1-2-3-4-5-6-10-16(24)22(32)11-8-7-9-14(18(27)28)21-15(23)12-20(31,19(29)30)13-17(25)26/h14,31-32H,2-13H2,1H3,(H,21,23)(H,25,26)(H,27,28)(H,29,30)/t14-,20?/m0/s1. The third-order valence-corrected chi connectivity index (χ3v) is 4.82. The van der Waals surface area contributed by atoms with Crippen molar-refractivity contribution >= 4 is 29.7 Å². The molecule has 0 aliphatic rings. The van der Waals surface area contributed by atoms with Crippen LogP contribution in [-0.4, -0.2) is 78.6 Å². The number of carbonyl (C=O) groups excluding carboxylic acids is 2. The van der Waals surface area contributed by atoms with Crippen molar-refractivity contribution in [3.8, 4) is 0 Å². The Kier molecular flexibility index (Phi) is 13.8. The van der Waals surface area contributed by atoms with Gasteiger partial charge in [-0.1, -0.05) is 32.6 Å². The van der Waals surface area contributed by atoms with Gasteiger partial charge in [0, 0.05) is 13.0 Å². The van der Waals surface area contributed by atoms with E-state index in [9.17, 15) is 39.4 Å². The molecule has 0 fully saturated rings. The molecule has 0 aromatic rings. The zero-order valence-electron chi connectivity index (χ0n) is 18.3. The molecule has 1 unspecified atom stereocenters. The number of aliphatic carboxylic acids is 3. The molecule has 0 aliphatic heterocycles. The highest BCUT2D eigenvalue weighted by Gasteiger charge is 2.41. The van der Waals surface area contributed by atoms with Gasteiger partial charge >= 0.3 is 17.9 Å². The summed E-state index contributed by atoms with van der Waals surface area (Å²) in [7, 11) is 0. The first kappa shape index (κ1) is 29.3. The fourth-order valence-electron chi connectivity index (χ4n) is 2.98. The molecule has 0 saturated heterocycles. The van der Waals surface area contributed by atoms with Crippen LogP contribution < -0.4 is 5.32 Å². The molecule has 0 radical (unpaired) electrons. The van der Waals surface area contributed by atoms with Gasteiger partial charge in [0.05, 0.1) is 12.8 Å². The highest BCUT2D eigenvalue weighted by atomic mass is 16.5. The maximum atomic E-state index is 12.0.